The van der Waals surface area contributed by atoms with Crippen LogP contribution in [-0.2, 0) is 23.7 Å². The number of ether oxygens (including phenoxy) is 4. The molecule has 14 nitrogen and oxygen atoms in total. The average Bonchev–Trinajstić information content (AvgIpc) is 3.41. The number of aliphatic hydroxyl groups excluding tert-OH is 8. The van der Waals surface area contributed by atoms with E-state index in [-0.39, 0.29) is 18.9 Å². The van der Waals surface area contributed by atoms with Gasteiger partial charge in [0.1, 0.15) is 48.8 Å². The van der Waals surface area contributed by atoms with Gasteiger partial charge in [0.15, 0.2) is 12.6 Å². The van der Waals surface area contributed by atoms with E-state index in [4.69, 9.17) is 18.9 Å². The molecule has 0 aromatic carbocycles. The smallest absolute Gasteiger partial charge is 0.220 e. The lowest BCUT2D eigenvalue weighted by Gasteiger charge is -2.46. The summed E-state index contributed by atoms with van der Waals surface area (Å²) in [6.07, 6.45) is 39.3. The van der Waals surface area contributed by atoms with Gasteiger partial charge in [0.2, 0.25) is 5.91 Å². The number of unbranched alkanes of at least 4 members (excludes halogenated alkanes) is 38. The van der Waals surface area contributed by atoms with Crippen LogP contribution in [0.15, 0.2) is 12.2 Å². The lowest BCUT2D eigenvalue weighted by molar-refractivity contribution is -0.359. The normalized spacial score (nSPS) is 25.0. The van der Waals surface area contributed by atoms with Crippen LogP contribution in [0, 0.1) is 0 Å². The van der Waals surface area contributed by atoms with Crippen molar-refractivity contribution >= 4 is 5.91 Å². The zero-order valence-corrected chi connectivity index (χ0v) is 47.8. The van der Waals surface area contributed by atoms with E-state index in [9.17, 15) is 45.6 Å². The third kappa shape index (κ3) is 33.2. The van der Waals surface area contributed by atoms with E-state index in [1.165, 1.54) is 199 Å². The van der Waals surface area contributed by atoms with Gasteiger partial charge in [0, 0.05) is 6.42 Å². The summed E-state index contributed by atoms with van der Waals surface area (Å²) in [5.41, 5.74) is 0. The first kappa shape index (κ1) is 69.8. The number of nitrogens with one attached hydrogen (secondary N) is 1. The minimum Gasteiger partial charge on any atom is -0.394 e. The molecule has 2 aliphatic heterocycles. The van der Waals surface area contributed by atoms with Gasteiger partial charge in [-0.25, -0.2) is 0 Å². The Morgan fingerprint density at radius 1 is 0.467 bits per heavy atom. The second-order valence-electron chi connectivity index (χ2n) is 22.6. The van der Waals surface area contributed by atoms with Crippen LogP contribution in [0.2, 0.25) is 0 Å². The van der Waals surface area contributed by atoms with Crippen molar-refractivity contribution in [3.05, 3.63) is 12.2 Å². The van der Waals surface area contributed by atoms with Gasteiger partial charge in [-0.05, 0) is 19.3 Å². The standard InChI is InChI=1S/C61H117NO13/c1-3-5-7-9-11-12-13-14-15-16-17-18-19-20-21-22-23-24-25-26-27-28-29-30-31-32-33-34-35-36-37-38-39-41-43-45-53(66)62-49(50(65)44-42-40-10-8-6-4-2)48-72-60-58(71)56(69)59(52(47-64)74-60)75-61-57(70)55(68)54(67)51(46-63)73-61/h42,44,49-52,54-61,63-65,67-71H,3-41,43,45-48H2,1-2H3,(H,62,66)/b44-42+. The van der Waals surface area contributed by atoms with Crippen LogP contribution in [0.3, 0.4) is 0 Å². The van der Waals surface area contributed by atoms with E-state index in [1.54, 1.807) is 6.08 Å². The van der Waals surface area contributed by atoms with Gasteiger partial charge in [0.25, 0.3) is 0 Å². The number of hydrogen-bond donors (Lipinski definition) is 9. The molecule has 12 unspecified atom stereocenters. The van der Waals surface area contributed by atoms with Crippen LogP contribution >= 0.6 is 0 Å². The zero-order chi connectivity index (χ0) is 54.6. The molecule has 2 saturated heterocycles. The molecule has 0 saturated carbocycles. The van der Waals surface area contributed by atoms with Crippen molar-refractivity contribution in [1.82, 2.24) is 5.32 Å². The summed E-state index contributed by atoms with van der Waals surface area (Å²) in [5.74, 6) is -0.239. The van der Waals surface area contributed by atoms with E-state index in [1.807, 2.05) is 6.08 Å². The van der Waals surface area contributed by atoms with Crippen LogP contribution in [0.1, 0.15) is 277 Å². The molecule has 0 aliphatic carbocycles. The molecule has 2 rings (SSSR count). The van der Waals surface area contributed by atoms with E-state index in [0.29, 0.717) is 6.42 Å². The van der Waals surface area contributed by atoms with Crippen LogP contribution in [0.25, 0.3) is 0 Å². The third-order valence-corrected chi connectivity index (χ3v) is 15.7. The number of carbonyl (C=O) groups excluding carboxylic acids is 1. The van der Waals surface area contributed by atoms with Crippen molar-refractivity contribution in [1.29, 1.82) is 0 Å². The summed E-state index contributed by atoms with van der Waals surface area (Å²) in [6.45, 7) is 2.73. The fourth-order valence-corrected chi connectivity index (χ4v) is 10.6. The molecule has 0 aromatic rings. The maximum Gasteiger partial charge on any atom is 0.220 e. The number of carbonyl (C=O) groups is 1. The Hall–Kier alpha value is -1.27. The Morgan fingerprint density at radius 3 is 1.23 bits per heavy atom. The van der Waals surface area contributed by atoms with Gasteiger partial charge in [-0.1, -0.05) is 264 Å². The maximum atomic E-state index is 13.1. The highest BCUT2D eigenvalue weighted by atomic mass is 16.7. The van der Waals surface area contributed by atoms with Crippen LogP contribution < -0.4 is 5.32 Å². The van der Waals surface area contributed by atoms with Crippen molar-refractivity contribution in [2.24, 2.45) is 0 Å². The fraction of sp³-hybridized carbons (Fsp3) is 0.951. The molecule has 2 aliphatic rings. The van der Waals surface area contributed by atoms with Crippen molar-refractivity contribution in [3.63, 3.8) is 0 Å². The SMILES string of the molecule is CCCCCC/C=C/C(O)C(COC1OC(CO)C(OC2OC(CO)C(O)C(O)C2O)C(O)C1O)NC(=O)CCCCCCCCCCCCCCCCCCCCCCCCCCCCCCCCCCCCC. The Bertz CT molecular complexity index is 1310. The molecule has 1 amide bonds. The monoisotopic (exact) mass is 1070 g/mol. The Labute approximate surface area is 456 Å². The molecule has 9 N–H and O–H groups in total. The van der Waals surface area contributed by atoms with Gasteiger partial charge in [0.05, 0.1) is 32.0 Å². The Morgan fingerprint density at radius 2 is 0.827 bits per heavy atom. The minimum atomic E-state index is -1.78. The van der Waals surface area contributed by atoms with E-state index in [2.05, 4.69) is 19.2 Å². The summed E-state index contributed by atoms with van der Waals surface area (Å²) >= 11 is 0. The second-order valence-corrected chi connectivity index (χ2v) is 22.6. The fourth-order valence-electron chi connectivity index (χ4n) is 10.6. The second kappa shape index (κ2) is 47.5. The highest BCUT2D eigenvalue weighted by Crippen LogP contribution is 2.30. The van der Waals surface area contributed by atoms with Gasteiger partial charge in [-0.15, -0.1) is 0 Å². The van der Waals surface area contributed by atoms with Crippen molar-refractivity contribution in [2.75, 3.05) is 19.8 Å². The molecule has 0 aromatic heterocycles. The summed E-state index contributed by atoms with van der Waals surface area (Å²) in [5, 5.41) is 86.5. The number of aliphatic hydroxyl groups is 8. The maximum absolute atomic E-state index is 13.1. The van der Waals surface area contributed by atoms with Crippen LogP contribution in [0.5, 0.6) is 0 Å². The Balaban J connectivity index is 1.50. The number of allylic oxidation sites excluding steroid dienone is 1. The van der Waals surface area contributed by atoms with E-state index < -0.39 is 86.8 Å². The van der Waals surface area contributed by atoms with Crippen molar-refractivity contribution in [3.8, 4) is 0 Å². The summed E-state index contributed by atoms with van der Waals surface area (Å²) in [4.78, 5) is 13.1. The molecule has 0 spiro atoms. The number of hydrogen-bond acceptors (Lipinski definition) is 13. The first-order valence-electron chi connectivity index (χ1n) is 31.4. The summed E-state index contributed by atoms with van der Waals surface area (Å²) in [7, 11) is 0. The first-order valence-corrected chi connectivity index (χ1v) is 31.4. The Kier molecular flexibility index (Phi) is 44.3. The molecular formula is C61H117NO13. The van der Waals surface area contributed by atoms with Crippen LogP contribution in [0.4, 0.5) is 0 Å². The predicted octanol–water partition coefficient (Wildman–Crippen LogP) is 11.1. The van der Waals surface area contributed by atoms with E-state index in [0.717, 1.165) is 51.4 Å². The molecule has 0 bridgehead atoms. The van der Waals surface area contributed by atoms with Gasteiger partial charge >= 0.3 is 0 Å². The largest absolute Gasteiger partial charge is 0.394 e. The highest BCUT2D eigenvalue weighted by Gasteiger charge is 2.51. The summed E-state index contributed by atoms with van der Waals surface area (Å²) < 4.78 is 22.6. The quantitative estimate of drug-likeness (QED) is 0.0204. The lowest BCUT2D eigenvalue weighted by atomic mass is 9.97. The minimum absolute atomic E-state index is 0.239. The molecular weight excluding hydrogens is 955 g/mol. The summed E-state index contributed by atoms with van der Waals surface area (Å²) in [6, 6.07) is -0.906. The van der Waals surface area contributed by atoms with Gasteiger partial charge < -0.3 is 65.1 Å². The number of rotatable bonds is 51. The molecule has 14 heteroatoms. The molecule has 75 heavy (non-hydrogen) atoms. The zero-order valence-electron chi connectivity index (χ0n) is 47.8. The van der Waals surface area contributed by atoms with E-state index >= 15 is 0 Å². The average molecular weight is 1070 g/mol. The first-order chi connectivity index (χ1) is 36.6. The topological polar surface area (TPSA) is 228 Å². The molecule has 2 fully saturated rings. The lowest BCUT2D eigenvalue weighted by Crippen LogP contribution is -2.65. The van der Waals surface area contributed by atoms with Crippen molar-refractivity contribution < 1.29 is 64.6 Å². The molecule has 12 atom stereocenters. The third-order valence-electron chi connectivity index (χ3n) is 15.7. The predicted molar refractivity (Wildman–Crippen MR) is 300 cm³/mol. The molecule has 0 radical (unpaired) electrons. The molecule has 2 heterocycles. The highest BCUT2D eigenvalue weighted by molar-refractivity contribution is 5.76. The van der Waals surface area contributed by atoms with Gasteiger partial charge in [-0.3, -0.25) is 4.79 Å². The van der Waals surface area contributed by atoms with Crippen LogP contribution in [-0.4, -0.2) is 140 Å². The van der Waals surface area contributed by atoms with Gasteiger partial charge in [-0.2, -0.15) is 0 Å². The van der Waals surface area contributed by atoms with Crippen molar-refractivity contribution in [2.45, 2.75) is 351 Å². The number of amides is 1. The molecule has 444 valence electrons.